The number of hydrogen-bond acceptors (Lipinski definition) is 5. The maximum atomic E-state index is 13.0. The van der Waals surface area contributed by atoms with Crippen molar-refractivity contribution in [3.05, 3.63) is 83.9 Å². The lowest BCUT2D eigenvalue weighted by molar-refractivity contribution is -0.114. The fraction of sp³-hybridized carbons (Fsp3) is 0.0500. The minimum Gasteiger partial charge on any atom is -0.326 e. The first-order valence-corrected chi connectivity index (χ1v) is 9.90. The van der Waals surface area contributed by atoms with Crippen molar-refractivity contribution < 1.29 is 22.4 Å². The molecule has 0 spiro atoms. The monoisotopic (exact) mass is 413 g/mol. The second-order valence-electron chi connectivity index (χ2n) is 6.06. The number of halogens is 1. The molecule has 0 fully saturated rings. The molecule has 29 heavy (non-hydrogen) atoms. The van der Waals surface area contributed by atoms with Crippen LogP contribution in [0.4, 0.5) is 15.8 Å². The van der Waals surface area contributed by atoms with Crippen LogP contribution >= 0.6 is 0 Å². The summed E-state index contributed by atoms with van der Waals surface area (Å²) >= 11 is 0. The minimum atomic E-state index is -3.99. The van der Waals surface area contributed by atoms with Gasteiger partial charge < -0.3 is 5.32 Å². The van der Waals surface area contributed by atoms with Gasteiger partial charge in [0.2, 0.25) is 11.9 Å². The molecule has 0 atom stereocenters. The first kappa shape index (κ1) is 20.2. The Bertz CT molecular complexity index is 1160. The van der Waals surface area contributed by atoms with Gasteiger partial charge in [0, 0.05) is 29.9 Å². The second-order valence-corrected chi connectivity index (χ2v) is 7.74. The standard InChI is InChI=1S/C20H16FN3O4S/c1-13(25)23-15-7-9-16(10-8-15)29(27,28)24-18-5-3-2-4-17(18)20(26)14-6-11-19(21)22-12-14/h2-12,24H,1H3,(H,23,25). The van der Waals surface area contributed by atoms with Crippen molar-refractivity contribution in [1.29, 1.82) is 0 Å². The molecule has 0 bridgehead atoms. The predicted molar refractivity (Wildman–Crippen MR) is 106 cm³/mol. The van der Waals surface area contributed by atoms with E-state index in [1.165, 1.54) is 49.4 Å². The van der Waals surface area contributed by atoms with Gasteiger partial charge in [-0.05, 0) is 48.5 Å². The van der Waals surface area contributed by atoms with E-state index in [0.29, 0.717) is 5.69 Å². The highest BCUT2D eigenvalue weighted by Crippen LogP contribution is 2.23. The third-order valence-electron chi connectivity index (χ3n) is 3.89. The van der Waals surface area contributed by atoms with Gasteiger partial charge in [-0.1, -0.05) is 12.1 Å². The summed E-state index contributed by atoms with van der Waals surface area (Å²) < 4.78 is 40.8. The molecule has 2 aromatic carbocycles. The van der Waals surface area contributed by atoms with Crippen LogP contribution in [0.5, 0.6) is 0 Å². The summed E-state index contributed by atoms with van der Waals surface area (Å²) in [5, 5.41) is 2.55. The van der Waals surface area contributed by atoms with E-state index in [2.05, 4.69) is 15.0 Å². The van der Waals surface area contributed by atoms with Crippen molar-refractivity contribution in [1.82, 2.24) is 4.98 Å². The lowest BCUT2D eigenvalue weighted by Crippen LogP contribution is -2.16. The average Bonchev–Trinajstić information content (AvgIpc) is 2.68. The van der Waals surface area contributed by atoms with Gasteiger partial charge in [-0.3, -0.25) is 14.3 Å². The molecule has 0 saturated carbocycles. The molecule has 148 valence electrons. The zero-order chi connectivity index (χ0) is 21.0. The first-order chi connectivity index (χ1) is 13.8. The molecule has 9 heteroatoms. The largest absolute Gasteiger partial charge is 0.326 e. The van der Waals surface area contributed by atoms with E-state index in [0.717, 1.165) is 12.3 Å². The molecule has 1 aromatic heterocycles. The Morgan fingerprint density at radius 2 is 1.66 bits per heavy atom. The van der Waals surface area contributed by atoms with Crippen LogP contribution in [-0.2, 0) is 14.8 Å². The fourth-order valence-electron chi connectivity index (χ4n) is 2.56. The normalized spacial score (nSPS) is 11.0. The minimum absolute atomic E-state index is 0.0442. The van der Waals surface area contributed by atoms with Gasteiger partial charge >= 0.3 is 0 Å². The summed E-state index contributed by atoms with van der Waals surface area (Å²) in [5.41, 5.74) is 0.751. The van der Waals surface area contributed by atoms with Crippen LogP contribution in [0.1, 0.15) is 22.8 Å². The van der Waals surface area contributed by atoms with Gasteiger partial charge in [0.05, 0.1) is 10.6 Å². The van der Waals surface area contributed by atoms with E-state index in [4.69, 9.17) is 0 Å². The number of nitrogens with one attached hydrogen (secondary N) is 2. The van der Waals surface area contributed by atoms with Crippen molar-refractivity contribution in [3.63, 3.8) is 0 Å². The number of para-hydroxylation sites is 1. The number of amides is 1. The zero-order valence-corrected chi connectivity index (χ0v) is 16.0. The fourth-order valence-corrected chi connectivity index (χ4v) is 3.64. The summed E-state index contributed by atoms with van der Waals surface area (Å²) in [6.45, 7) is 1.34. The number of nitrogens with zero attached hydrogens (tertiary/aromatic N) is 1. The number of aromatic nitrogens is 1. The third kappa shape index (κ3) is 4.82. The number of sulfonamides is 1. The summed E-state index contributed by atoms with van der Waals surface area (Å²) in [4.78, 5) is 27.2. The third-order valence-corrected chi connectivity index (χ3v) is 5.27. The summed E-state index contributed by atoms with van der Waals surface area (Å²) in [6, 6.07) is 14.0. The molecular formula is C20H16FN3O4S. The number of anilines is 2. The molecule has 2 N–H and O–H groups in total. The lowest BCUT2D eigenvalue weighted by atomic mass is 10.0. The summed E-state index contributed by atoms with van der Waals surface area (Å²) in [5.74, 6) is -1.50. The van der Waals surface area contributed by atoms with E-state index in [-0.39, 0.29) is 27.6 Å². The maximum Gasteiger partial charge on any atom is 0.261 e. The van der Waals surface area contributed by atoms with Crippen LogP contribution in [0.15, 0.2) is 71.8 Å². The van der Waals surface area contributed by atoms with Crippen molar-refractivity contribution in [2.24, 2.45) is 0 Å². The Hall–Kier alpha value is -3.59. The van der Waals surface area contributed by atoms with E-state index >= 15 is 0 Å². The summed E-state index contributed by atoms with van der Waals surface area (Å²) in [7, 11) is -3.99. The molecule has 0 aliphatic carbocycles. The number of pyridine rings is 1. The molecule has 3 aromatic rings. The van der Waals surface area contributed by atoms with E-state index < -0.39 is 21.8 Å². The van der Waals surface area contributed by atoms with Gasteiger partial charge in [0.25, 0.3) is 10.0 Å². The maximum absolute atomic E-state index is 13.0. The van der Waals surface area contributed by atoms with E-state index in [1.54, 1.807) is 12.1 Å². The molecule has 0 unspecified atom stereocenters. The highest BCUT2D eigenvalue weighted by atomic mass is 32.2. The predicted octanol–water partition coefficient (Wildman–Crippen LogP) is 3.21. The number of benzene rings is 2. The van der Waals surface area contributed by atoms with Crippen molar-refractivity contribution >= 4 is 33.1 Å². The molecule has 0 radical (unpaired) electrons. The van der Waals surface area contributed by atoms with E-state index in [1.807, 2.05) is 0 Å². The zero-order valence-electron chi connectivity index (χ0n) is 15.2. The topological polar surface area (TPSA) is 105 Å². The molecule has 3 rings (SSSR count). The number of carbonyl (C=O) groups excluding carboxylic acids is 2. The molecule has 0 aliphatic rings. The smallest absolute Gasteiger partial charge is 0.261 e. The van der Waals surface area contributed by atoms with Crippen molar-refractivity contribution in [2.45, 2.75) is 11.8 Å². The summed E-state index contributed by atoms with van der Waals surface area (Å²) in [6.07, 6.45) is 1.09. The molecule has 1 heterocycles. The van der Waals surface area contributed by atoms with Gasteiger partial charge in [-0.25, -0.2) is 13.4 Å². The van der Waals surface area contributed by atoms with Crippen LogP contribution in [0.25, 0.3) is 0 Å². The molecule has 7 nitrogen and oxygen atoms in total. The lowest BCUT2D eigenvalue weighted by Gasteiger charge is -2.12. The van der Waals surface area contributed by atoms with Gasteiger partial charge in [-0.15, -0.1) is 0 Å². The molecule has 0 aliphatic heterocycles. The quantitative estimate of drug-likeness (QED) is 0.477. The highest BCUT2D eigenvalue weighted by Gasteiger charge is 2.19. The van der Waals surface area contributed by atoms with Crippen molar-refractivity contribution in [3.8, 4) is 0 Å². The second kappa shape index (κ2) is 8.19. The number of rotatable bonds is 6. The van der Waals surface area contributed by atoms with Crippen LogP contribution in [0.3, 0.4) is 0 Å². The molecular weight excluding hydrogens is 397 g/mol. The van der Waals surface area contributed by atoms with Crippen LogP contribution < -0.4 is 10.0 Å². The SMILES string of the molecule is CC(=O)Nc1ccc(S(=O)(=O)Nc2ccccc2C(=O)c2ccc(F)nc2)cc1. The van der Waals surface area contributed by atoms with Crippen molar-refractivity contribution in [2.75, 3.05) is 10.0 Å². The average molecular weight is 413 g/mol. The number of carbonyl (C=O) groups is 2. The van der Waals surface area contributed by atoms with Gasteiger partial charge in [0.15, 0.2) is 5.78 Å². The molecule has 1 amide bonds. The van der Waals surface area contributed by atoms with Crippen LogP contribution in [0, 0.1) is 5.95 Å². The number of hydrogen-bond donors (Lipinski definition) is 2. The Kier molecular flexibility index (Phi) is 5.69. The van der Waals surface area contributed by atoms with Gasteiger partial charge in [-0.2, -0.15) is 4.39 Å². The first-order valence-electron chi connectivity index (χ1n) is 8.42. The Morgan fingerprint density at radius 3 is 2.28 bits per heavy atom. The van der Waals surface area contributed by atoms with Crippen LogP contribution in [0.2, 0.25) is 0 Å². The Labute approximate surface area is 166 Å². The molecule has 0 saturated heterocycles. The number of ketones is 1. The van der Waals surface area contributed by atoms with Crippen LogP contribution in [-0.4, -0.2) is 25.1 Å². The highest BCUT2D eigenvalue weighted by molar-refractivity contribution is 7.92. The Morgan fingerprint density at radius 1 is 0.966 bits per heavy atom. The van der Waals surface area contributed by atoms with E-state index in [9.17, 15) is 22.4 Å². The van der Waals surface area contributed by atoms with Gasteiger partial charge in [0.1, 0.15) is 0 Å². The Balaban J connectivity index is 1.89.